The fourth-order valence-electron chi connectivity index (χ4n) is 4.98. The van der Waals surface area contributed by atoms with E-state index in [-0.39, 0.29) is 11.7 Å². The van der Waals surface area contributed by atoms with Crippen LogP contribution in [0.15, 0.2) is 72.3 Å². The van der Waals surface area contributed by atoms with Gasteiger partial charge in [0.05, 0.1) is 6.61 Å². The lowest BCUT2D eigenvalue weighted by molar-refractivity contribution is -0.274. The summed E-state index contributed by atoms with van der Waals surface area (Å²) in [5.74, 6) is 0.150. The molecule has 1 fully saturated rings. The van der Waals surface area contributed by atoms with E-state index in [0.717, 1.165) is 43.7 Å². The monoisotopic (exact) mass is 552 g/mol. The minimum Gasteiger partial charge on any atom is -0.493 e. The Labute approximate surface area is 231 Å². The fraction of sp³-hybridized carbons (Fsp3) is 0.323. The first kappa shape index (κ1) is 27.7. The van der Waals surface area contributed by atoms with Crippen molar-refractivity contribution >= 4 is 17.7 Å². The van der Waals surface area contributed by atoms with Crippen LogP contribution in [0.1, 0.15) is 30.4 Å². The number of alkyl halides is 3. The van der Waals surface area contributed by atoms with Gasteiger partial charge in [-0.1, -0.05) is 30.3 Å². The van der Waals surface area contributed by atoms with E-state index in [9.17, 15) is 18.0 Å². The molecule has 40 heavy (non-hydrogen) atoms. The Hall–Kier alpha value is -3.82. The van der Waals surface area contributed by atoms with Crippen molar-refractivity contribution in [1.82, 2.24) is 4.90 Å². The van der Waals surface area contributed by atoms with Crippen LogP contribution in [0.4, 0.5) is 18.9 Å². The summed E-state index contributed by atoms with van der Waals surface area (Å²) in [4.78, 5) is 15.5. The predicted octanol–water partition coefficient (Wildman–Crippen LogP) is 6.67. The Balaban J connectivity index is 1.25. The summed E-state index contributed by atoms with van der Waals surface area (Å²) in [6.07, 6.45) is -0.421. The maximum atomic E-state index is 13.1. The Morgan fingerprint density at radius 1 is 0.975 bits per heavy atom. The summed E-state index contributed by atoms with van der Waals surface area (Å²) < 4.78 is 52.7. The van der Waals surface area contributed by atoms with Gasteiger partial charge < -0.3 is 19.5 Å². The number of benzene rings is 3. The summed E-state index contributed by atoms with van der Waals surface area (Å²) in [6, 6.07) is 19.6. The number of ether oxygens (including phenoxy) is 3. The molecule has 0 spiro atoms. The number of nitrogens with zero attached hydrogens (tertiary/aromatic N) is 1. The van der Waals surface area contributed by atoms with Crippen LogP contribution in [-0.2, 0) is 16.1 Å². The molecule has 6 nitrogen and oxygen atoms in total. The minimum atomic E-state index is -4.74. The first-order valence-corrected chi connectivity index (χ1v) is 13.3. The molecular weight excluding hydrogens is 521 g/mol. The smallest absolute Gasteiger partial charge is 0.493 e. The molecule has 0 radical (unpaired) electrons. The highest BCUT2D eigenvalue weighted by Crippen LogP contribution is 2.33. The number of amides is 1. The summed E-state index contributed by atoms with van der Waals surface area (Å²) in [5, 5.41) is 2.99. The number of carbonyl (C=O) groups is 1. The van der Waals surface area contributed by atoms with Crippen molar-refractivity contribution in [1.29, 1.82) is 0 Å². The van der Waals surface area contributed by atoms with Gasteiger partial charge in [-0.25, -0.2) is 0 Å². The van der Waals surface area contributed by atoms with Crippen LogP contribution in [-0.4, -0.2) is 50.1 Å². The average Bonchev–Trinajstić information content (AvgIpc) is 3.16. The molecule has 0 atom stereocenters. The second-order valence-corrected chi connectivity index (χ2v) is 10.0. The van der Waals surface area contributed by atoms with Gasteiger partial charge in [-0.15, -0.1) is 13.2 Å². The predicted molar refractivity (Wildman–Crippen MR) is 147 cm³/mol. The molecule has 0 aliphatic carbocycles. The van der Waals surface area contributed by atoms with Crippen LogP contribution in [0.5, 0.6) is 11.5 Å². The molecular formula is C31H31F3N2O4. The van der Waals surface area contributed by atoms with Crippen LogP contribution in [0, 0.1) is 0 Å². The van der Waals surface area contributed by atoms with Gasteiger partial charge in [-0.3, -0.25) is 9.69 Å². The molecule has 210 valence electrons. The van der Waals surface area contributed by atoms with Gasteiger partial charge in [-0.05, 0) is 79.1 Å². The number of carbonyl (C=O) groups excluding carboxylic acids is 1. The second kappa shape index (κ2) is 12.1. The number of hydrogen-bond donors (Lipinski definition) is 1. The molecule has 5 rings (SSSR count). The highest BCUT2D eigenvalue weighted by atomic mass is 19.4. The molecule has 1 saturated heterocycles. The van der Waals surface area contributed by atoms with Crippen LogP contribution in [0.25, 0.3) is 17.2 Å². The molecule has 2 heterocycles. The van der Waals surface area contributed by atoms with Crippen molar-refractivity contribution in [3.8, 4) is 22.6 Å². The van der Waals surface area contributed by atoms with Crippen LogP contribution in [0.3, 0.4) is 0 Å². The molecule has 0 aromatic heterocycles. The number of rotatable bonds is 7. The van der Waals surface area contributed by atoms with Gasteiger partial charge in [-0.2, -0.15) is 0 Å². The molecule has 0 saturated carbocycles. The topological polar surface area (TPSA) is 60.0 Å². The number of hydrogen-bond acceptors (Lipinski definition) is 5. The minimum absolute atomic E-state index is 0.206. The van der Waals surface area contributed by atoms with Crippen molar-refractivity contribution in [3.05, 3.63) is 83.4 Å². The quantitative estimate of drug-likeness (QED) is 0.355. The lowest BCUT2D eigenvalue weighted by Crippen LogP contribution is -2.36. The maximum absolute atomic E-state index is 13.1. The van der Waals surface area contributed by atoms with Crippen molar-refractivity contribution in [2.24, 2.45) is 0 Å². The molecule has 0 bridgehead atoms. The first-order valence-electron chi connectivity index (χ1n) is 13.3. The molecule has 0 unspecified atom stereocenters. The highest BCUT2D eigenvalue weighted by Gasteiger charge is 2.31. The highest BCUT2D eigenvalue weighted by molar-refractivity contribution is 6.07. The first-order chi connectivity index (χ1) is 19.2. The third kappa shape index (κ3) is 7.22. The van der Waals surface area contributed by atoms with E-state index in [1.54, 1.807) is 24.3 Å². The van der Waals surface area contributed by atoms with E-state index in [1.165, 1.54) is 17.7 Å². The van der Waals surface area contributed by atoms with Gasteiger partial charge in [0.15, 0.2) is 0 Å². The van der Waals surface area contributed by atoms with Gasteiger partial charge in [0.1, 0.15) is 11.5 Å². The van der Waals surface area contributed by atoms with E-state index in [1.807, 2.05) is 36.4 Å². The molecule has 1 N–H and O–H groups in total. The molecule has 3 aromatic carbocycles. The zero-order valence-electron chi connectivity index (χ0n) is 22.2. The fourth-order valence-corrected chi connectivity index (χ4v) is 4.98. The second-order valence-electron chi connectivity index (χ2n) is 10.0. The van der Waals surface area contributed by atoms with E-state index in [4.69, 9.17) is 9.47 Å². The number of halogens is 3. The van der Waals surface area contributed by atoms with Gasteiger partial charge in [0.2, 0.25) is 0 Å². The van der Waals surface area contributed by atoms with Crippen LogP contribution >= 0.6 is 0 Å². The SMILES string of the molecule is CN(Cc1ccc(NC(=O)C2=Cc3cc(-c4ccc(OC(F)(F)F)cc4)ccc3OCC2)cc1)C1CCOCC1. The van der Waals surface area contributed by atoms with Crippen LogP contribution < -0.4 is 14.8 Å². The van der Waals surface area contributed by atoms with Gasteiger partial charge in [0.25, 0.3) is 5.91 Å². The molecule has 2 aliphatic rings. The van der Waals surface area contributed by atoms with E-state index < -0.39 is 6.36 Å². The molecule has 9 heteroatoms. The number of anilines is 1. The Kier molecular flexibility index (Phi) is 8.42. The summed E-state index contributed by atoms with van der Waals surface area (Å²) in [7, 11) is 2.13. The van der Waals surface area contributed by atoms with E-state index in [0.29, 0.717) is 41.6 Å². The van der Waals surface area contributed by atoms with Gasteiger partial charge >= 0.3 is 6.36 Å². The van der Waals surface area contributed by atoms with Crippen LogP contribution in [0.2, 0.25) is 0 Å². The summed E-state index contributed by atoms with van der Waals surface area (Å²) in [6.45, 7) is 2.80. The average molecular weight is 553 g/mol. The van der Waals surface area contributed by atoms with Gasteiger partial charge in [0, 0.05) is 49.0 Å². The third-order valence-corrected chi connectivity index (χ3v) is 7.14. The number of nitrogens with one attached hydrogen (secondary N) is 1. The Bertz CT molecular complexity index is 1350. The Morgan fingerprint density at radius 2 is 1.68 bits per heavy atom. The van der Waals surface area contributed by atoms with Crippen molar-refractivity contribution < 1.29 is 32.2 Å². The zero-order chi connectivity index (χ0) is 28.1. The lowest BCUT2D eigenvalue weighted by Gasteiger charge is -2.31. The normalized spacial score (nSPS) is 16.0. The summed E-state index contributed by atoms with van der Waals surface area (Å²) in [5.41, 5.74) is 4.68. The summed E-state index contributed by atoms with van der Waals surface area (Å²) >= 11 is 0. The molecule has 2 aliphatic heterocycles. The molecule has 3 aromatic rings. The number of fused-ring (bicyclic) bond motifs is 1. The maximum Gasteiger partial charge on any atom is 0.573 e. The van der Waals surface area contributed by atoms with E-state index >= 15 is 0 Å². The van der Waals surface area contributed by atoms with Crippen molar-refractivity contribution in [2.75, 3.05) is 32.2 Å². The molecule has 1 amide bonds. The zero-order valence-corrected chi connectivity index (χ0v) is 22.2. The third-order valence-electron chi connectivity index (χ3n) is 7.14. The lowest BCUT2D eigenvalue weighted by atomic mass is 10.0. The standard InChI is InChI=1S/C31H31F3N2O4/c1-36(27-13-15-38-16-14-27)20-21-2-7-26(8-3-21)35-30(37)24-12-17-39-29-11-6-23(18-25(29)19-24)22-4-9-28(10-5-22)40-31(32,33)34/h2-11,18-19,27H,12-17,20H2,1H3,(H,35,37). The Morgan fingerprint density at radius 3 is 2.38 bits per heavy atom. The van der Waals surface area contributed by atoms with Crippen molar-refractivity contribution in [3.63, 3.8) is 0 Å². The van der Waals surface area contributed by atoms with Crippen molar-refractivity contribution in [2.45, 2.75) is 38.2 Å². The largest absolute Gasteiger partial charge is 0.573 e. The van der Waals surface area contributed by atoms with E-state index in [2.05, 4.69) is 22.0 Å².